The molecule has 0 fully saturated rings. The molecule has 0 radical (unpaired) electrons. The van der Waals surface area contributed by atoms with Crippen LogP contribution in [0.3, 0.4) is 0 Å². The van der Waals surface area contributed by atoms with Crippen molar-refractivity contribution in [2.24, 2.45) is 0 Å². The largest absolute Gasteiger partial charge is 0.314 e. The number of hydrogen-bond acceptors (Lipinski definition) is 2. The van der Waals surface area contributed by atoms with Gasteiger partial charge in [0.05, 0.1) is 0 Å². The van der Waals surface area contributed by atoms with Crippen molar-refractivity contribution in [2.45, 2.75) is 46.2 Å². The van der Waals surface area contributed by atoms with E-state index in [-0.39, 0.29) is 0 Å². The molecule has 2 nitrogen and oxygen atoms in total. The fraction of sp³-hybridized carbons (Fsp3) is 0.556. The molecule has 1 aromatic carbocycles. The number of nitrogens with one attached hydrogen (secondary N) is 1. The molecule has 20 heavy (non-hydrogen) atoms. The number of hydrogen-bond donors (Lipinski definition) is 1. The Morgan fingerprint density at radius 1 is 1.20 bits per heavy atom. The van der Waals surface area contributed by atoms with Gasteiger partial charge in [-0.25, -0.2) is 0 Å². The molecular formula is C18H28N2. The fourth-order valence-electron chi connectivity index (χ4n) is 2.82. The highest BCUT2D eigenvalue weighted by Crippen LogP contribution is 2.16. The van der Waals surface area contributed by atoms with Gasteiger partial charge in [-0.2, -0.15) is 0 Å². The third kappa shape index (κ3) is 4.77. The van der Waals surface area contributed by atoms with Gasteiger partial charge in [-0.1, -0.05) is 49.8 Å². The second-order valence-corrected chi connectivity index (χ2v) is 6.18. The predicted molar refractivity (Wildman–Crippen MR) is 86.9 cm³/mol. The van der Waals surface area contributed by atoms with E-state index in [4.69, 9.17) is 0 Å². The molecule has 0 unspecified atom stereocenters. The van der Waals surface area contributed by atoms with Crippen molar-refractivity contribution in [1.82, 2.24) is 10.2 Å². The lowest BCUT2D eigenvalue weighted by Crippen LogP contribution is -2.29. The maximum absolute atomic E-state index is 3.51. The molecule has 110 valence electrons. The van der Waals surface area contributed by atoms with Gasteiger partial charge >= 0.3 is 0 Å². The van der Waals surface area contributed by atoms with Gasteiger partial charge in [-0.05, 0) is 37.4 Å². The summed E-state index contributed by atoms with van der Waals surface area (Å²) in [4.78, 5) is 2.56. The Labute approximate surface area is 123 Å². The molecule has 1 aliphatic rings. The topological polar surface area (TPSA) is 15.3 Å². The van der Waals surface area contributed by atoms with E-state index < -0.39 is 0 Å². The molecule has 0 spiro atoms. The zero-order valence-corrected chi connectivity index (χ0v) is 13.2. The van der Waals surface area contributed by atoms with Crippen molar-refractivity contribution in [3.8, 4) is 0 Å². The highest BCUT2D eigenvalue weighted by atomic mass is 15.1. The van der Waals surface area contributed by atoms with Crippen LogP contribution in [0.1, 0.15) is 38.3 Å². The Bertz CT molecular complexity index is 448. The van der Waals surface area contributed by atoms with Crippen molar-refractivity contribution in [2.75, 3.05) is 19.6 Å². The van der Waals surface area contributed by atoms with Gasteiger partial charge in [0, 0.05) is 25.7 Å². The smallest absolute Gasteiger partial charge is 0.0240 e. The summed E-state index contributed by atoms with van der Waals surface area (Å²) in [5.41, 5.74) is 4.50. The van der Waals surface area contributed by atoms with Crippen LogP contribution in [0.4, 0.5) is 0 Å². The standard InChI is InChI=1S/C18H28N2/c1-15(2)19-11-10-17-8-4-5-9-18(17)14-20-12-6-7-16(3)13-20/h4-5,7-9,15,19H,6,10-14H2,1-3H3. The van der Waals surface area contributed by atoms with E-state index >= 15 is 0 Å². The Kier molecular flexibility index (Phi) is 5.81. The van der Waals surface area contributed by atoms with Gasteiger partial charge in [0.1, 0.15) is 0 Å². The van der Waals surface area contributed by atoms with Crippen molar-refractivity contribution in [1.29, 1.82) is 0 Å². The SMILES string of the molecule is CC1=CCCN(Cc2ccccc2CCNC(C)C)C1. The zero-order valence-electron chi connectivity index (χ0n) is 13.2. The van der Waals surface area contributed by atoms with Gasteiger partial charge in [0.25, 0.3) is 0 Å². The first-order valence-electron chi connectivity index (χ1n) is 7.83. The second-order valence-electron chi connectivity index (χ2n) is 6.18. The summed E-state index contributed by atoms with van der Waals surface area (Å²) in [7, 11) is 0. The van der Waals surface area contributed by atoms with Crippen LogP contribution in [0, 0.1) is 0 Å². The van der Waals surface area contributed by atoms with E-state index in [0.717, 1.165) is 26.1 Å². The molecule has 1 aromatic rings. The average Bonchev–Trinajstić information content (AvgIpc) is 2.40. The number of rotatable bonds is 6. The van der Waals surface area contributed by atoms with Gasteiger partial charge in [-0.3, -0.25) is 4.90 Å². The van der Waals surface area contributed by atoms with E-state index in [0.29, 0.717) is 6.04 Å². The van der Waals surface area contributed by atoms with Crippen molar-refractivity contribution < 1.29 is 0 Å². The zero-order chi connectivity index (χ0) is 14.4. The molecule has 1 N–H and O–H groups in total. The van der Waals surface area contributed by atoms with E-state index in [1.54, 1.807) is 0 Å². The van der Waals surface area contributed by atoms with Crippen LogP contribution in [0.15, 0.2) is 35.9 Å². The first-order valence-corrected chi connectivity index (χ1v) is 7.83. The van der Waals surface area contributed by atoms with Crippen LogP contribution in [-0.2, 0) is 13.0 Å². The second kappa shape index (κ2) is 7.61. The van der Waals surface area contributed by atoms with Crippen molar-refractivity contribution in [3.63, 3.8) is 0 Å². The van der Waals surface area contributed by atoms with Crippen molar-refractivity contribution in [3.05, 3.63) is 47.0 Å². The van der Waals surface area contributed by atoms with Gasteiger partial charge in [-0.15, -0.1) is 0 Å². The third-order valence-corrected chi connectivity index (χ3v) is 3.87. The highest BCUT2D eigenvalue weighted by molar-refractivity contribution is 5.27. The summed E-state index contributed by atoms with van der Waals surface area (Å²) in [6, 6.07) is 9.47. The summed E-state index contributed by atoms with van der Waals surface area (Å²) >= 11 is 0. The first-order chi connectivity index (χ1) is 9.65. The van der Waals surface area contributed by atoms with E-state index in [2.05, 4.69) is 61.3 Å². The van der Waals surface area contributed by atoms with E-state index in [9.17, 15) is 0 Å². The van der Waals surface area contributed by atoms with Gasteiger partial charge in [0.15, 0.2) is 0 Å². The maximum Gasteiger partial charge on any atom is 0.0240 e. The summed E-state index contributed by atoms with van der Waals surface area (Å²) in [5, 5.41) is 3.51. The molecule has 1 aliphatic heterocycles. The quantitative estimate of drug-likeness (QED) is 0.799. The first kappa shape index (κ1) is 15.3. The van der Waals surface area contributed by atoms with Crippen LogP contribution in [-0.4, -0.2) is 30.6 Å². The highest BCUT2D eigenvalue weighted by Gasteiger charge is 2.12. The third-order valence-electron chi connectivity index (χ3n) is 3.87. The summed E-state index contributed by atoms with van der Waals surface area (Å²) < 4.78 is 0. The van der Waals surface area contributed by atoms with Crippen molar-refractivity contribution >= 4 is 0 Å². The lowest BCUT2D eigenvalue weighted by Gasteiger charge is -2.27. The molecule has 0 atom stereocenters. The monoisotopic (exact) mass is 272 g/mol. The Morgan fingerprint density at radius 3 is 2.65 bits per heavy atom. The van der Waals surface area contributed by atoms with Crippen LogP contribution in [0.25, 0.3) is 0 Å². The number of benzene rings is 1. The van der Waals surface area contributed by atoms with E-state index in [1.807, 2.05) is 0 Å². The molecular weight excluding hydrogens is 244 g/mol. The Hall–Kier alpha value is -1.12. The molecule has 0 saturated carbocycles. The molecule has 2 rings (SSSR count). The molecule has 0 saturated heterocycles. The van der Waals surface area contributed by atoms with Crippen LogP contribution in [0.2, 0.25) is 0 Å². The predicted octanol–water partition coefficient (Wildman–Crippen LogP) is 3.38. The minimum absolute atomic E-state index is 0.567. The molecule has 0 aliphatic carbocycles. The fourth-order valence-corrected chi connectivity index (χ4v) is 2.82. The molecule has 0 amide bonds. The normalized spacial score (nSPS) is 16.5. The Balaban J connectivity index is 1.95. The van der Waals surface area contributed by atoms with Crippen LogP contribution in [0.5, 0.6) is 0 Å². The summed E-state index contributed by atoms with van der Waals surface area (Å²) in [6.45, 7) is 11.1. The van der Waals surface area contributed by atoms with E-state index in [1.165, 1.54) is 29.7 Å². The molecule has 2 heteroatoms. The summed E-state index contributed by atoms with van der Waals surface area (Å²) in [6.07, 6.45) is 4.69. The van der Waals surface area contributed by atoms with Crippen LogP contribution >= 0.6 is 0 Å². The van der Waals surface area contributed by atoms with Gasteiger partial charge in [0.2, 0.25) is 0 Å². The lowest BCUT2D eigenvalue weighted by molar-refractivity contribution is 0.281. The molecule has 0 bridgehead atoms. The summed E-state index contributed by atoms with van der Waals surface area (Å²) in [5.74, 6) is 0. The van der Waals surface area contributed by atoms with Crippen LogP contribution < -0.4 is 5.32 Å². The minimum atomic E-state index is 0.567. The minimum Gasteiger partial charge on any atom is -0.314 e. The lowest BCUT2D eigenvalue weighted by atomic mass is 10.0. The Morgan fingerprint density at radius 2 is 1.95 bits per heavy atom. The average molecular weight is 272 g/mol. The maximum atomic E-state index is 3.51. The molecule has 1 heterocycles. The molecule has 0 aromatic heterocycles. The van der Waals surface area contributed by atoms with Gasteiger partial charge < -0.3 is 5.32 Å². The number of nitrogens with zero attached hydrogens (tertiary/aromatic N) is 1.